The number of thioether (sulfide) groups is 1. The van der Waals surface area contributed by atoms with Gasteiger partial charge in [-0.05, 0) is 18.6 Å². The Hall–Kier alpha value is -1.60. The van der Waals surface area contributed by atoms with E-state index in [9.17, 15) is 4.79 Å². The van der Waals surface area contributed by atoms with Crippen LogP contribution in [-0.2, 0) is 4.79 Å². The topological polar surface area (TPSA) is 75.1 Å². The molecule has 1 heterocycles. The molecule has 18 heavy (non-hydrogen) atoms. The molecule has 0 aliphatic heterocycles. The van der Waals surface area contributed by atoms with Crippen molar-refractivity contribution in [1.82, 2.24) is 10.2 Å². The molecule has 0 fully saturated rings. The van der Waals surface area contributed by atoms with E-state index in [2.05, 4.69) is 15.5 Å². The van der Waals surface area contributed by atoms with E-state index in [1.165, 1.54) is 23.1 Å². The predicted octanol–water partition coefficient (Wildman–Crippen LogP) is 2.77. The van der Waals surface area contributed by atoms with E-state index in [0.29, 0.717) is 9.47 Å². The van der Waals surface area contributed by atoms with E-state index in [4.69, 9.17) is 5.11 Å². The number of aromatic nitrogens is 2. The summed E-state index contributed by atoms with van der Waals surface area (Å²) in [5.41, 5.74) is 2.09. The van der Waals surface area contributed by atoms with Crippen molar-refractivity contribution in [2.75, 3.05) is 11.1 Å². The molecule has 0 saturated heterocycles. The number of aryl methyl sites for hydroxylation is 1. The maximum absolute atomic E-state index is 10.4. The van der Waals surface area contributed by atoms with Crippen molar-refractivity contribution in [2.45, 2.75) is 11.3 Å². The molecule has 2 rings (SSSR count). The van der Waals surface area contributed by atoms with Gasteiger partial charge in [-0.15, -0.1) is 10.2 Å². The van der Waals surface area contributed by atoms with Crippen molar-refractivity contribution in [3.63, 3.8) is 0 Å². The summed E-state index contributed by atoms with van der Waals surface area (Å²) in [6, 6.07) is 7.87. The average Bonchev–Trinajstić information content (AvgIpc) is 2.77. The highest BCUT2D eigenvalue weighted by Crippen LogP contribution is 2.28. The molecule has 0 amide bonds. The first-order valence-corrected chi connectivity index (χ1v) is 6.96. The fraction of sp³-hybridized carbons (Fsp3) is 0.182. The Balaban J connectivity index is 2.02. The highest BCUT2D eigenvalue weighted by Gasteiger charge is 2.07. The molecule has 2 N–H and O–H groups in total. The van der Waals surface area contributed by atoms with E-state index in [1.807, 2.05) is 31.2 Å². The number of rotatable bonds is 5. The SMILES string of the molecule is Cc1ccccc1Nc1nnc(SCC(=O)O)s1. The molecule has 0 saturated carbocycles. The minimum Gasteiger partial charge on any atom is -0.481 e. The molecule has 0 radical (unpaired) electrons. The highest BCUT2D eigenvalue weighted by molar-refractivity contribution is 8.01. The van der Waals surface area contributed by atoms with Gasteiger partial charge in [0.15, 0.2) is 4.34 Å². The Morgan fingerprint density at radius 3 is 2.94 bits per heavy atom. The first kappa shape index (κ1) is 12.8. The third kappa shape index (κ3) is 3.44. The third-order valence-corrected chi connectivity index (χ3v) is 4.07. The third-order valence-electron chi connectivity index (χ3n) is 2.11. The number of aliphatic carboxylic acids is 1. The van der Waals surface area contributed by atoms with Crippen molar-refractivity contribution < 1.29 is 9.90 Å². The lowest BCUT2D eigenvalue weighted by Crippen LogP contribution is -1.96. The first-order valence-electron chi connectivity index (χ1n) is 5.16. The zero-order valence-corrected chi connectivity index (χ0v) is 11.2. The summed E-state index contributed by atoms with van der Waals surface area (Å²) in [4.78, 5) is 10.4. The van der Waals surface area contributed by atoms with Crippen LogP contribution >= 0.6 is 23.1 Å². The van der Waals surface area contributed by atoms with Gasteiger partial charge in [-0.3, -0.25) is 4.79 Å². The number of carbonyl (C=O) groups is 1. The van der Waals surface area contributed by atoms with Gasteiger partial charge in [0.1, 0.15) is 0 Å². The van der Waals surface area contributed by atoms with Crippen LogP contribution in [0.15, 0.2) is 28.6 Å². The molecule has 7 heteroatoms. The number of nitrogens with one attached hydrogen (secondary N) is 1. The molecule has 0 atom stereocenters. The Bertz CT molecular complexity index is 557. The average molecular weight is 281 g/mol. The minimum atomic E-state index is -0.858. The summed E-state index contributed by atoms with van der Waals surface area (Å²) in [6.07, 6.45) is 0. The summed E-state index contributed by atoms with van der Waals surface area (Å²) in [6.45, 7) is 2.00. The molecule has 94 valence electrons. The van der Waals surface area contributed by atoms with Gasteiger partial charge in [0.05, 0.1) is 5.75 Å². The maximum Gasteiger partial charge on any atom is 0.313 e. The predicted molar refractivity (Wildman–Crippen MR) is 72.7 cm³/mol. The molecular weight excluding hydrogens is 270 g/mol. The van der Waals surface area contributed by atoms with Crippen LogP contribution in [0.25, 0.3) is 0 Å². The Kier molecular flexibility index (Phi) is 4.16. The van der Waals surface area contributed by atoms with E-state index >= 15 is 0 Å². The summed E-state index contributed by atoms with van der Waals surface area (Å²) < 4.78 is 0.647. The Labute approximate surface area is 112 Å². The molecule has 1 aromatic carbocycles. The fourth-order valence-electron chi connectivity index (χ4n) is 1.27. The number of para-hydroxylation sites is 1. The van der Waals surface area contributed by atoms with Gasteiger partial charge in [-0.1, -0.05) is 41.3 Å². The standard InChI is InChI=1S/C11H11N3O2S2/c1-7-4-2-3-5-8(7)12-10-13-14-11(18-10)17-6-9(15)16/h2-5H,6H2,1H3,(H,12,13)(H,15,16). The molecular formula is C11H11N3O2S2. The molecule has 0 bridgehead atoms. The van der Waals surface area contributed by atoms with E-state index in [-0.39, 0.29) is 5.75 Å². The number of benzene rings is 1. The molecule has 2 aromatic rings. The molecule has 0 unspecified atom stereocenters. The van der Waals surface area contributed by atoms with Crippen LogP contribution in [0.2, 0.25) is 0 Å². The molecule has 0 aliphatic carbocycles. The van der Waals surface area contributed by atoms with Gasteiger partial charge >= 0.3 is 5.97 Å². The maximum atomic E-state index is 10.4. The van der Waals surface area contributed by atoms with Crippen molar-refractivity contribution >= 4 is 39.9 Å². The lowest BCUT2D eigenvalue weighted by Gasteiger charge is -2.04. The lowest BCUT2D eigenvalue weighted by molar-refractivity contribution is -0.133. The van der Waals surface area contributed by atoms with Gasteiger partial charge in [-0.25, -0.2) is 0 Å². The van der Waals surface area contributed by atoms with Gasteiger partial charge in [0.25, 0.3) is 0 Å². The zero-order valence-electron chi connectivity index (χ0n) is 9.58. The second kappa shape index (κ2) is 5.83. The smallest absolute Gasteiger partial charge is 0.313 e. The van der Waals surface area contributed by atoms with Crippen LogP contribution < -0.4 is 5.32 Å². The quantitative estimate of drug-likeness (QED) is 0.821. The van der Waals surface area contributed by atoms with Crippen LogP contribution in [0, 0.1) is 6.92 Å². The monoisotopic (exact) mass is 281 g/mol. The van der Waals surface area contributed by atoms with Gasteiger partial charge in [0.2, 0.25) is 5.13 Å². The number of carboxylic acids is 1. The second-order valence-corrected chi connectivity index (χ2v) is 5.70. The normalized spacial score (nSPS) is 10.3. The summed E-state index contributed by atoms with van der Waals surface area (Å²) in [7, 11) is 0. The van der Waals surface area contributed by atoms with Gasteiger partial charge in [0, 0.05) is 5.69 Å². The van der Waals surface area contributed by atoms with Crippen LogP contribution in [0.5, 0.6) is 0 Å². The summed E-state index contributed by atoms with van der Waals surface area (Å²) in [5.74, 6) is -0.859. The van der Waals surface area contributed by atoms with Crippen molar-refractivity contribution in [3.8, 4) is 0 Å². The Morgan fingerprint density at radius 1 is 1.44 bits per heavy atom. The van der Waals surface area contributed by atoms with Crippen LogP contribution in [0.1, 0.15) is 5.56 Å². The number of hydrogen-bond acceptors (Lipinski definition) is 6. The van der Waals surface area contributed by atoms with Crippen molar-refractivity contribution in [2.24, 2.45) is 0 Å². The number of anilines is 2. The van der Waals surface area contributed by atoms with Crippen molar-refractivity contribution in [1.29, 1.82) is 0 Å². The summed E-state index contributed by atoms with van der Waals surface area (Å²) >= 11 is 2.51. The zero-order chi connectivity index (χ0) is 13.0. The number of hydrogen-bond donors (Lipinski definition) is 2. The fourth-order valence-corrected chi connectivity index (χ4v) is 2.75. The Morgan fingerprint density at radius 2 is 2.22 bits per heavy atom. The number of nitrogens with zero attached hydrogens (tertiary/aromatic N) is 2. The largest absolute Gasteiger partial charge is 0.481 e. The lowest BCUT2D eigenvalue weighted by atomic mass is 10.2. The van der Waals surface area contributed by atoms with Crippen LogP contribution in [0.4, 0.5) is 10.8 Å². The van der Waals surface area contributed by atoms with E-state index < -0.39 is 5.97 Å². The summed E-state index contributed by atoms with van der Waals surface area (Å²) in [5, 5.41) is 20.3. The number of carboxylic acid groups (broad SMARTS) is 1. The van der Waals surface area contributed by atoms with Crippen molar-refractivity contribution in [3.05, 3.63) is 29.8 Å². The first-order chi connectivity index (χ1) is 8.65. The molecule has 0 spiro atoms. The molecule has 1 aromatic heterocycles. The van der Waals surface area contributed by atoms with Gasteiger partial charge < -0.3 is 10.4 Å². The van der Waals surface area contributed by atoms with E-state index in [0.717, 1.165) is 11.3 Å². The minimum absolute atomic E-state index is 0.000994. The molecule has 5 nitrogen and oxygen atoms in total. The van der Waals surface area contributed by atoms with Crippen LogP contribution in [-0.4, -0.2) is 27.0 Å². The highest BCUT2D eigenvalue weighted by atomic mass is 32.2. The van der Waals surface area contributed by atoms with Crippen LogP contribution in [0.3, 0.4) is 0 Å². The second-order valence-electron chi connectivity index (χ2n) is 3.50. The van der Waals surface area contributed by atoms with Gasteiger partial charge in [-0.2, -0.15) is 0 Å². The molecule has 0 aliphatic rings. The van der Waals surface area contributed by atoms with E-state index in [1.54, 1.807) is 0 Å².